The molecule has 1 aromatic heterocycles. The second-order valence-corrected chi connectivity index (χ2v) is 3.50. The van der Waals surface area contributed by atoms with Gasteiger partial charge in [-0.15, -0.1) is 0 Å². The Bertz CT molecular complexity index is 388. The number of hydrogen-bond acceptors (Lipinski definition) is 4. The molecule has 0 saturated heterocycles. The van der Waals surface area contributed by atoms with E-state index in [1.807, 2.05) is 0 Å². The van der Waals surface area contributed by atoms with Gasteiger partial charge in [-0.3, -0.25) is 4.98 Å². The number of ether oxygens (including phenoxy) is 1. The molecule has 1 aromatic rings. The van der Waals surface area contributed by atoms with E-state index in [9.17, 15) is 4.79 Å². The van der Waals surface area contributed by atoms with E-state index < -0.39 is 5.97 Å². The Balaban J connectivity index is 2.28. The van der Waals surface area contributed by atoms with E-state index in [-0.39, 0.29) is 18.2 Å². The molecule has 1 heterocycles. The summed E-state index contributed by atoms with van der Waals surface area (Å²) in [5.74, 6) is -0.508. The molecule has 0 bridgehead atoms. The molecule has 0 atom stereocenters. The van der Waals surface area contributed by atoms with Crippen LogP contribution in [0.5, 0.6) is 5.75 Å². The number of hydrogen-bond donors (Lipinski definition) is 2. The largest absolute Gasteiger partial charge is 0.488 e. The lowest BCUT2D eigenvalue weighted by Gasteiger charge is -2.09. The molecule has 0 spiro atoms. The van der Waals surface area contributed by atoms with Crippen molar-refractivity contribution in [3.63, 3.8) is 0 Å². The molecule has 0 aliphatic heterocycles. The highest BCUT2D eigenvalue weighted by atomic mass is 16.5. The Kier molecular flexibility index (Phi) is 2.55. The molecule has 80 valence electrons. The molecular formula is C10H12N2O3. The highest BCUT2D eigenvalue weighted by Gasteiger charge is 2.25. The fourth-order valence-electron chi connectivity index (χ4n) is 1.21. The third kappa shape index (κ3) is 2.24. The Hall–Kier alpha value is -1.62. The summed E-state index contributed by atoms with van der Waals surface area (Å²) in [4.78, 5) is 14.7. The summed E-state index contributed by atoms with van der Waals surface area (Å²) in [6.07, 6.45) is 3.54. The number of nitrogens with zero attached hydrogens (tertiary/aromatic N) is 1. The van der Waals surface area contributed by atoms with Crippen molar-refractivity contribution in [3.8, 4) is 5.75 Å². The summed E-state index contributed by atoms with van der Waals surface area (Å²) in [6.45, 7) is 0.252. The number of carbonyl (C=O) groups is 1. The number of nitrogens with two attached hydrogens (primary N) is 1. The van der Waals surface area contributed by atoms with Gasteiger partial charge in [-0.1, -0.05) is 0 Å². The molecule has 1 aliphatic rings. The van der Waals surface area contributed by atoms with E-state index in [2.05, 4.69) is 4.98 Å². The van der Waals surface area contributed by atoms with Crippen LogP contribution < -0.4 is 10.5 Å². The standard InChI is InChI=1S/C10H12N2O3/c11-4-8-9(15-7-1-2-7)3-6(5-12-8)10(13)14/h3,5,7H,1-2,4,11H2,(H,13,14). The SMILES string of the molecule is NCc1ncc(C(=O)O)cc1OC1CC1. The zero-order chi connectivity index (χ0) is 10.8. The summed E-state index contributed by atoms with van der Waals surface area (Å²) in [6, 6.07) is 1.48. The maximum atomic E-state index is 10.7. The Morgan fingerprint density at radius 2 is 2.40 bits per heavy atom. The van der Waals surface area contributed by atoms with Gasteiger partial charge in [-0.05, 0) is 18.9 Å². The molecule has 3 N–H and O–H groups in total. The second kappa shape index (κ2) is 3.86. The van der Waals surface area contributed by atoms with E-state index in [4.69, 9.17) is 15.6 Å². The van der Waals surface area contributed by atoms with Gasteiger partial charge >= 0.3 is 5.97 Å². The fourth-order valence-corrected chi connectivity index (χ4v) is 1.21. The van der Waals surface area contributed by atoms with Crippen molar-refractivity contribution >= 4 is 5.97 Å². The van der Waals surface area contributed by atoms with Crippen LogP contribution in [0.15, 0.2) is 12.3 Å². The van der Waals surface area contributed by atoms with Crippen molar-refractivity contribution in [2.24, 2.45) is 5.73 Å². The molecule has 1 aliphatic carbocycles. The van der Waals surface area contributed by atoms with Gasteiger partial charge in [0, 0.05) is 12.7 Å². The summed E-state index contributed by atoms with van der Waals surface area (Å²) in [5, 5.41) is 8.80. The van der Waals surface area contributed by atoms with Crippen LogP contribution in [0.1, 0.15) is 28.9 Å². The third-order valence-corrected chi connectivity index (χ3v) is 2.19. The van der Waals surface area contributed by atoms with Crippen LogP contribution in [0, 0.1) is 0 Å². The normalized spacial score (nSPS) is 15.0. The van der Waals surface area contributed by atoms with Crippen molar-refractivity contribution < 1.29 is 14.6 Å². The van der Waals surface area contributed by atoms with Gasteiger partial charge in [0.1, 0.15) is 5.75 Å². The lowest BCUT2D eigenvalue weighted by atomic mass is 10.2. The average molecular weight is 208 g/mol. The first kappa shape index (κ1) is 9.92. The van der Waals surface area contributed by atoms with Crippen molar-refractivity contribution in [2.75, 3.05) is 0 Å². The maximum absolute atomic E-state index is 10.7. The summed E-state index contributed by atoms with van der Waals surface area (Å²) >= 11 is 0. The first-order chi connectivity index (χ1) is 7.20. The highest BCUT2D eigenvalue weighted by Crippen LogP contribution is 2.28. The van der Waals surface area contributed by atoms with E-state index in [0.29, 0.717) is 11.4 Å². The van der Waals surface area contributed by atoms with Gasteiger partial charge in [-0.2, -0.15) is 0 Å². The first-order valence-electron chi connectivity index (χ1n) is 4.79. The van der Waals surface area contributed by atoms with Gasteiger partial charge in [0.05, 0.1) is 17.4 Å². The molecule has 0 unspecified atom stereocenters. The fraction of sp³-hybridized carbons (Fsp3) is 0.400. The Morgan fingerprint density at radius 3 is 2.93 bits per heavy atom. The molecule has 1 saturated carbocycles. The summed E-state index contributed by atoms with van der Waals surface area (Å²) in [5.41, 5.74) is 6.21. The third-order valence-electron chi connectivity index (χ3n) is 2.19. The van der Waals surface area contributed by atoms with Crippen LogP contribution in [0.4, 0.5) is 0 Å². The van der Waals surface area contributed by atoms with Gasteiger partial charge < -0.3 is 15.6 Å². The molecule has 2 rings (SSSR count). The highest BCUT2D eigenvalue weighted by molar-refractivity contribution is 5.87. The van der Waals surface area contributed by atoms with Crippen molar-refractivity contribution in [2.45, 2.75) is 25.5 Å². The smallest absolute Gasteiger partial charge is 0.337 e. The number of aromatic nitrogens is 1. The minimum absolute atomic E-state index is 0.128. The van der Waals surface area contributed by atoms with Crippen molar-refractivity contribution in [1.82, 2.24) is 4.98 Å². The molecule has 0 aromatic carbocycles. The van der Waals surface area contributed by atoms with Crippen LogP contribution in [0.3, 0.4) is 0 Å². The van der Waals surface area contributed by atoms with E-state index in [0.717, 1.165) is 12.8 Å². The second-order valence-electron chi connectivity index (χ2n) is 3.50. The maximum Gasteiger partial charge on any atom is 0.337 e. The molecule has 5 nitrogen and oxygen atoms in total. The van der Waals surface area contributed by atoms with Crippen LogP contribution in [0.2, 0.25) is 0 Å². The van der Waals surface area contributed by atoms with Crippen LogP contribution >= 0.6 is 0 Å². The van der Waals surface area contributed by atoms with Gasteiger partial charge in [0.2, 0.25) is 0 Å². The zero-order valence-electron chi connectivity index (χ0n) is 8.14. The van der Waals surface area contributed by atoms with Crippen molar-refractivity contribution in [1.29, 1.82) is 0 Å². The van der Waals surface area contributed by atoms with Crippen LogP contribution in [0.25, 0.3) is 0 Å². The summed E-state index contributed by atoms with van der Waals surface area (Å²) in [7, 11) is 0. The minimum Gasteiger partial charge on any atom is -0.488 e. The van der Waals surface area contributed by atoms with Gasteiger partial charge in [0.15, 0.2) is 0 Å². The lowest BCUT2D eigenvalue weighted by Crippen LogP contribution is -2.08. The Labute approximate surface area is 86.9 Å². The minimum atomic E-state index is -1.01. The molecular weight excluding hydrogens is 196 g/mol. The predicted molar refractivity (Wildman–Crippen MR) is 52.7 cm³/mol. The molecule has 5 heteroatoms. The lowest BCUT2D eigenvalue weighted by molar-refractivity contribution is 0.0695. The van der Waals surface area contributed by atoms with E-state index >= 15 is 0 Å². The molecule has 0 radical (unpaired) electrons. The van der Waals surface area contributed by atoms with Crippen LogP contribution in [-0.2, 0) is 6.54 Å². The number of carboxylic acid groups (broad SMARTS) is 1. The number of aromatic carboxylic acids is 1. The molecule has 15 heavy (non-hydrogen) atoms. The summed E-state index contributed by atoms with van der Waals surface area (Å²) < 4.78 is 5.53. The predicted octanol–water partition coefficient (Wildman–Crippen LogP) is 0.780. The topological polar surface area (TPSA) is 85.4 Å². The monoisotopic (exact) mass is 208 g/mol. The van der Waals surface area contributed by atoms with E-state index in [1.165, 1.54) is 12.3 Å². The zero-order valence-corrected chi connectivity index (χ0v) is 8.14. The Morgan fingerprint density at radius 1 is 1.67 bits per heavy atom. The van der Waals surface area contributed by atoms with Gasteiger partial charge in [-0.25, -0.2) is 4.79 Å². The van der Waals surface area contributed by atoms with E-state index in [1.54, 1.807) is 0 Å². The quantitative estimate of drug-likeness (QED) is 0.763. The van der Waals surface area contributed by atoms with Crippen LogP contribution in [-0.4, -0.2) is 22.2 Å². The molecule has 1 fully saturated rings. The van der Waals surface area contributed by atoms with Gasteiger partial charge in [0.25, 0.3) is 0 Å². The molecule has 0 amide bonds. The van der Waals surface area contributed by atoms with Crippen molar-refractivity contribution in [3.05, 3.63) is 23.5 Å². The number of carboxylic acids is 1. The first-order valence-corrected chi connectivity index (χ1v) is 4.79. The number of pyridine rings is 1. The number of rotatable bonds is 4. The average Bonchev–Trinajstić information content (AvgIpc) is 3.01.